The molecule has 0 saturated heterocycles. The summed E-state index contributed by atoms with van der Waals surface area (Å²) < 4.78 is 11.9. The maximum atomic E-state index is 6.46. The van der Waals surface area contributed by atoms with Gasteiger partial charge in [-0.3, -0.25) is 0 Å². The van der Waals surface area contributed by atoms with E-state index in [1.807, 2.05) is 24.3 Å². The highest BCUT2D eigenvalue weighted by Crippen LogP contribution is 2.40. The smallest absolute Gasteiger partial charge is 0.250 e. The SMILES string of the molecule is COc1ccc(O[Si](C)(C)C(C)(C)C)c2ccccc12. The van der Waals surface area contributed by atoms with Gasteiger partial charge in [-0.25, -0.2) is 0 Å². The van der Waals surface area contributed by atoms with Gasteiger partial charge in [-0.05, 0) is 30.3 Å². The minimum Gasteiger partial charge on any atom is -0.543 e. The largest absolute Gasteiger partial charge is 0.543 e. The monoisotopic (exact) mass is 288 g/mol. The van der Waals surface area contributed by atoms with Gasteiger partial charge in [-0.1, -0.05) is 45.0 Å². The summed E-state index contributed by atoms with van der Waals surface area (Å²) in [5.74, 6) is 1.86. The minimum atomic E-state index is -1.83. The van der Waals surface area contributed by atoms with Crippen molar-refractivity contribution in [2.75, 3.05) is 7.11 Å². The van der Waals surface area contributed by atoms with Crippen LogP contribution in [-0.2, 0) is 0 Å². The molecule has 0 bridgehead atoms. The minimum absolute atomic E-state index is 0.189. The zero-order chi connectivity index (χ0) is 15.0. The van der Waals surface area contributed by atoms with Gasteiger partial charge in [0.1, 0.15) is 11.5 Å². The van der Waals surface area contributed by atoms with E-state index in [9.17, 15) is 0 Å². The number of rotatable bonds is 3. The summed E-state index contributed by atoms with van der Waals surface area (Å²) in [7, 11) is -0.127. The van der Waals surface area contributed by atoms with Crippen molar-refractivity contribution >= 4 is 19.1 Å². The van der Waals surface area contributed by atoms with E-state index in [0.717, 1.165) is 22.3 Å². The first-order valence-corrected chi connectivity index (χ1v) is 9.92. The van der Waals surface area contributed by atoms with Crippen LogP contribution in [0.4, 0.5) is 0 Å². The van der Waals surface area contributed by atoms with Crippen molar-refractivity contribution in [2.45, 2.75) is 38.9 Å². The third-order valence-electron chi connectivity index (χ3n) is 4.24. The van der Waals surface area contributed by atoms with E-state index < -0.39 is 8.32 Å². The van der Waals surface area contributed by atoms with Gasteiger partial charge in [0, 0.05) is 10.8 Å². The van der Waals surface area contributed by atoms with Crippen LogP contribution in [-0.4, -0.2) is 15.4 Å². The Bertz CT molecular complexity index is 612. The molecule has 20 heavy (non-hydrogen) atoms. The van der Waals surface area contributed by atoms with Gasteiger partial charge in [0.05, 0.1) is 7.11 Å². The maximum Gasteiger partial charge on any atom is 0.250 e. The van der Waals surface area contributed by atoms with Crippen molar-refractivity contribution in [3.05, 3.63) is 36.4 Å². The van der Waals surface area contributed by atoms with Crippen LogP contribution in [0.5, 0.6) is 11.5 Å². The van der Waals surface area contributed by atoms with Crippen molar-refractivity contribution in [1.82, 2.24) is 0 Å². The van der Waals surface area contributed by atoms with Gasteiger partial charge < -0.3 is 9.16 Å². The van der Waals surface area contributed by atoms with Crippen molar-refractivity contribution in [3.63, 3.8) is 0 Å². The number of hydrogen-bond donors (Lipinski definition) is 0. The van der Waals surface area contributed by atoms with Crippen molar-refractivity contribution in [3.8, 4) is 11.5 Å². The first kappa shape index (κ1) is 14.9. The Kier molecular flexibility index (Phi) is 3.83. The topological polar surface area (TPSA) is 18.5 Å². The Balaban J connectivity index is 2.52. The lowest BCUT2D eigenvalue weighted by Gasteiger charge is -2.36. The molecular formula is C17H24O2Si. The van der Waals surface area contributed by atoms with E-state index in [0.29, 0.717) is 0 Å². The molecule has 2 nitrogen and oxygen atoms in total. The molecule has 0 aliphatic heterocycles. The molecule has 108 valence electrons. The molecule has 0 aliphatic rings. The van der Waals surface area contributed by atoms with Crippen LogP contribution >= 0.6 is 0 Å². The molecule has 2 aromatic carbocycles. The molecule has 0 unspecified atom stereocenters. The average Bonchev–Trinajstić information content (AvgIpc) is 2.37. The summed E-state index contributed by atoms with van der Waals surface area (Å²) in [6.07, 6.45) is 0. The van der Waals surface area contributed by atoms with Crippen LogP contribution in [0.2, 0.25) is 18.1 Å². The molecule has 2 rings (SSSR count). The number of benzene rings is 2. The van der Waals surface area contributed by atoms with E-state index in [4.69, 9.17) is 9.16 Å². The van der Waals surface area contributed by atoms with Crippen LogP contribution in [0.25, 0.3) is 10.8 Å². The predicted octanol–water partition coefficient (Wildman–Crippen LogP) is 5.23. The number of fused-ring (bicyclic) bond motifs is 1. The van der Waals surface area contributed by atoms with Gasteiger partial charge in [0.25, 0.3) is 8.32 Å². The zero-order valence-corrected chi connectivity index (χ0v) is 14.3. The maximum absolute atomic E-state index is 6.46. The fourth-order valence-electron chi connectivity index (χ4n) is 1.94. The van der Waals surface area contributed by atoms with Crippen LogP contribution in [0.3, 0.4) is 0 Å². The number of ether oxygens (including phenoxy) is 1. The molecule has 3 heteroatoms. The molecular weight excluding hydrogens is 264 g/mol. The van der Waals surface area contributed by atoms with Gasteiger partial charge in [-0.15, -0.1) is 0 Å². The summed E-state index contributed by atoms with van der Waals surface area (Å²) in [5, 5.41) is 2.41. The van der Waals surface area contributed by atoms with Crippen LogP contribution in [0.15, 0.2) is 36.4 Å². The van der Waals surface area contributed by atoms with Crippen molar-refractivity contribution < 1.29 is 9.16 Å². The van der Waals surface area contributed by atoms with E-state index in [1.54, 1.807) is 7.11 Å². The van der Waals surface area contributed by atoms with Crippen LogP contribution in [0, 0.1) is 0 Å². The van der Waals surface area contributed by atoms with E-state index in [2.05, 4.69) is 46.0 Å². The second-order valence-corrected chi connectivity index (χ2v) is 11.4. The summed E-state index contributed by atoms with van der Waals surface area (Å²) in [6.45, 7) is 11.3. The lowest BCUT2D eigenvalue weighted by molar-refractivity contribution is 0.419. The molecule has 0 aliphatic carbocycles. The number of hydrogen-bond acceptors (Lipinski definition) is 2. The standard InChI is InChI=1S/C17H24O2Si/c1-17(2,3)20(5,6)19-16-12-11-15(18-4)13-9-7-8-10-14(13)16/h7-12H,1-6H3. The second-order valence-electron chi connectivity index (χ2n) is 6.67. The first-order chi connectivity index (χ1) is 9.26. The zero-order valence-electron chi connectivity index (χ0n) is 13.3. The Morgan fingerprint density at radius 3 is 1.85 bits per heavy atom. The quantitative estimate of drug-likeness (QED) is 0.720. The third-order valence-corrected chi connectivity index (χ3v) is 8.58. The highest BCUT2D eigenvalue weighted by molar-refractivity contribution is 6.74. The molecule has 0 heterocycles. The third kappa shape index (κ3) is 2.68. The van der Waals surface area contributed by atoms with Crippen molar-refractivity contribution in [1.29, 1.82) is 0 Å². The summed E-state index contributed by atoms with van der Waals surface area (Å²) >= 11 is 0. The molecule has 0 atom stereocenters. The lowest BCUT2D eigenvalue weighted by atomic mass is 10.1. The Morgan fingerprint density at radius 2 is 1.35 bits per heavy atom. The Hall–Kier alpha value is -1.48. The second kappa shape index (κ2) is 5.13. The molecule has 0 aromatic heterocycles. The summed E-state index contributed by atoms with van der Waals surface area (Å²) in [4.78, 5) is 0. The van der Waals surface area contributed by atoms with Gasteiger partial charge in [0.2, 0.25) is 0 Å². The molecule has 0 spiro atoms. The molecule has 0 fully saturated rings. The van der Waals surface area contributed by atoms with Crippen LogP contribution < -0.4 is 9.16 Å². The van der Waals surface area contributed by atoms with Gasteiger partial charge in [0.15, 0.2) is 0 Å². The lowest BCUT2D eigenvalue weighted by Crippen LogP contribution is -2.43. The Labute approximate surface area is 122 Å². The van der Waals surface area contributed by atoms with Gasteiger partial charge >= 0.3 is 0 Å². The highest BCUT2D eigenvalue weighted by atomic mass is 28.4. The fraction of sp³-hybridized carbons (Fsp3) is 0.412. The van der Waals surface area contributed by atoms with E-state index in [1.165, 1.54) is 0 Å². The normalized spacial score (nSPS) is 12.5. The average molecular weight is 288 g/mol. The molecule has 0 radical (unpaired) electrons. The fourth-order valence-corrected chi connectivity index (χ4v) is 2.97. The molecule has 0 saturated carbocycles. The summed E-state index contributed by atoms with van der Waals surface area (Å²) in [5.41, 5.74) is 0. The molecule has 0 amide bonds. The molecule has 2 aromatic rings. The van der Waals surface area contributed by atoms with E-state index >= 15 is 0 Å². The van der Waals surface area contributed by atoms with Crippen LogP contribution in [0.1, 0.15) is 20.8 Å². The van der Waals surface area contributed by atoms with Crippen molar-refractivity contribution in [2.24, 2.45) is 0 Å². The molecule has 0 N–H and O–H groups in total. The first-order valence-electron chi connectivity index (χ1n) is 7.01. The number of methoxy groups -OCH3 is 1. The summed E-state index contributed by atoms with van der Waals surface area (Å²) in [6, 6.07) is 12.3. The van der Waals surface area contributed by atoms with E-state index in [-0.39, 0.29) is 5.04 Å². The highest BCUT2D eigenvalue weighted by Gasteiger charge is 2.39. The predicted molar refractivity (Wildman–Crippen MR) is 88.3 cm³/mol. The van der Waals surface area contributed by atoms with Gasteiger partial charge in [-0.2, -0.15) is 0 Å². The Morgan fingerprint density at radius 1 is 0.850 bits per heavy atom.